The topological polar surface area (TPSA) is 29.3 Å². The minimum atomic E-state index is 0.856. The first-order valence-corrected chi connectivity index (χ1v) is 16.5. The molecule has 0 aliphatic carbocycles. The molecule has 0 saturated carbocycles. The van der Waals surface area contributed by atoms with Gasteiger partial charge < -0.3 is 9.32 Å². The number of nitrogens with zero attached hydrogens (tertiary/aromatic N) is 2. The smallest absolute Gasteiger partial charge is 0.137 e. The first kappa shape index (κ1) is 27.3. The van der Waals surface area contributed by atoms with Crippen molar-refractivity contribution in [2.24, 2.45) is 0 Å². The predicted octanol–water partition coefficient (Wildman–Crippen LogP) is 12.7. The van der Waals surface area contributed by atoms with Crippen LogP contribution in [0.3, 0.4) is 0 Å². The zero-order valence-corrected chi connectivity index (χ0v) is 26.2. The van der Waals surface area contributed by atoms with E-state index in [9.17, 15) is 0 Å². The van der Waals surface area contributed by atoms with Crippen molar-refractivity contribution in [3.05, 3.63) is 170 Å². The summed E-state index contributed by atoms with van der Waals surface area (Å²) < 4.78 is 7.67. The van der Waals surface area contributed by atoms with E-state index >= 15 is 0 Å². The van der Waals surface area contributed by atoms with Crippen molar-refractivity contribution in [2.45, 2.75) is 0 Å². The number of benzene rings is 7. The molecule has 7 aromatic carbocycles. The number of rotatable bonds is 6. The Kier molecular flexibility index (Phi) is 6.65. The molecule has 4 heteroatoms. The monoisotopic (exact) mass is 620 g/mol. The van der Waals surface area contributed by atoms with Crippen molar-refractivity contribution in [2.75, 3.05) is 4.90 Å². The lowest BCUT2D eigenvalue weighted by Gasteiger charge is -2.25. The maximum Gasteiger partial charge on any atom is 0.137 e. The fraction of sp³-hybridized carbons (Fsp3) is 0. The molecule has 0 aliphatic heterocycles. The van der Waals surface area contributed by atoms with Crippen molar-refractivity contribution < 1.29 is 4.42 Å². The Labute approximate surface area is 276 Å². The van der Waals surface area contributed by atoms with Gasteiger partial charge in [-0.05, 0) is 76.9 Å². The van der Waals surface area contributed by atoms with Gasteiger partial charge >= 0.3 is 0 Å². The third-order valence-electron chi connectivity index (χ3n) is 8.70. The van der Waals surface area contributed by atoms with Crippen molar-refractivity contribution in [3.8, 4) is 32.8 Å². The van der Waals surface area contributed by atoms with Gasteiger partial charge in [-0.2, -0.15) is 0 Å². The van der Waals surface area contributed by atoms with Crippen LogP contribution in [0.15, 0.2) is 174 Å². The van der Waals surface area contributed by atoms with Gasteiger partial charge in [0.2, 0.25) is 0 Å². The molecule has 0 spiro atoms. The van der Waals surface area contributed by atoms with Crippen LogP contribution in [0.2, 0.25) is 0 Å². The van der Waals surface area contributed by atoms with E-state index in [1.165, 1.54) is 22.3 Å². The fourth-order valence-electron chi connectivity index (χ4n) is 6.41. The highest BCUT2D eigenvalue weighted by Crippen LogP contribution is 2.43. The average Bonchev–Trinajstić information content (AvgIpc) is 3.75. The quantitative estimate of drug-likeness (QED) is 0.185. The third kappa shape index (κ3) is 4.96. The van der Waals surface area contributed by atoms with Gasteiger partial charge in [0.15, 0.2) is 0 Å². The second-order valence-corrected chi connectivity index (χ2v) is 12.6. The molecule has 9 rings (SSSR count). The average molecular weight is 621 g/mol. The molecule has 0 amide bonds. The van der Waals surface area contributed by atoms with E-state index in [4.69, 9.17) is 9.40 Å². The van der Waals surface area contributed by atoms with Gasteiger partial charge in [0, 0.05) is 39.5 Å². The first-order chi connectivity index (χ1) is 23.3. The van der Waals surface area contributed by atoms with E-state index in [-0.39, 0.29) is 0 Å². The highest BCUT2D eigenvalue weighted by atomic mass is 32.1. The van der Waals surface area contributed by atoms with Crippen LogP contribution >= 0.6 is 11.3 Å². The van der Waals surface area contributed by atoms with Crippen LogP contribution < -0.4 is 4.90 Å². The maximum atomic E-state index is 6.51. The van der Waals surface area contributed by atoms with Crippen molar-refractivity contribution >= 4 is 60.6 Å². The fourth-order valence-corrected chi connectivity index (χ4v) is 7.54. The number of anilines is 3. The Morgan fingerprint density at radius 2 is 1.04 bits per heavy atom. The number of hydrogen-bond donors (Lipinski definition) is 0. The Morgan fingerprint density at radius 3 is 1.77 bits per heavy atom. The standard InChI is InChI=1S/C43H28N2OS/c1-4-11-29(12-5-1)32-15-10-16-33(27-32)30-19-21-35(22-20-30)45(34-17-8-3-9-18-34)36-23-24-37-40(28-36)46-39-26-25-38-42(41(37)39)47-43(44-38)31-13-6-2-7-14-31/h1-28H. The summed E-state index contributed by atoms with van der Waals surface area (Å²) in [7, 11) is 0. The predicted molar refractivity (Wildman–Crippen MR) is 198 cm³/mol. The lowest BCUT2D eigenvalue weighted by molar-refractivity contribution is 0.669. The molecule has 0 bridgehead atoms. The van der Waals surface area contributed by atoms with Gasteiger partial charge in [0.1, 0.15) is 16.2 Å². The zero-order valence-electron chi connectivity index (χ0n) is 25.4. The molecule has 0 unspecified atom stereocenters. The molecule has 47 heavy (non-hydrogen) atoms. The molecule has 0 saturated heterocycles. The van der Waals surface area contributed by atoms with Crippen LogP contribution in [-0.4, -0.2) is 4.98 Å². The van der Waals surface area contributed by atoms with Crippen LogP contribution in [0.5, 0.6) is 0 Å². The van der Waals surface area contributed by atoms with Crippen LogP contribution in [-0.2, 0) is 0 Å². The maximum absolute atomic E-state index is 6.51. The van der Waals surface area contributed by atoms with Crippen molar-refractivity contribution in [1.82, 2.24) is 4.98 Å². The van der Waals surface area contributed by atoms with Crippen LogP contribution in [0.1, 0.15) is 0 Å². The van der Waals surface area contributed by atoms with Gasteiger partial charge in [-0.25, -0.2) is 4.98 Å². The summed E-state index contributed by atoms with van der Waals surface area (Å²) in [6.45, 7) is 0. The molecule has 0 radical (unpaired) electrons. The number of hydrogen-bond acceptors (Lipinski definition) is 4. The van der Waals surface area contributed by atoms with E-state index in [2.05, 4.69) is 163 Å². The first-order valence-electron chi connectivity index (χ1n) is 15.7. The highest BCUT2D eigenvalue weighted by molar-refractivity contribution is 7.22. The Morgan fingerprint density at radius 1 is 0.447 bits per heavy atom. The van der Waals surface area contributed by atoms with E-state index in [1.54, 1.807) is 11.3 Å². The van der Waals surface area contributed by atoms with E-state index in [0.29, 0.717) is 0 Å². The SMILES string of the molecule is c1ccc(-c2cccc(-c3ccc(N(c4ccccc4)c4ccc5c(c4)oc4ccc6nc(-c7ccccc7)sc6c45)cc3)c2)cc1. The Hall–Kier alpha value is -5.97. The second kappa shape index (κ2) is 11.4. The number of furan rings is 1. The number of aromatic nitrogens is 1. The zero-order chi connectivity index (χ0) is 31.2. The highest BCUT2D eigenvalue weighted by Gasteiger charge is 2.18. The minimum Gasteiger partial charge on any atom is -0.456 e. The van der Waals surface area contributed by atoms with E-state index in [1.807, 2.05) is 12.1 Å². The summed E-state index contributed by atoms with van der Waals surface area (Å²) >= 11 is 1.72. The molecule has 0 N–H and O–H groups in total. The summed E-state index contributed by atoms with van der Waals surface area (Å²) in [6, 6.07) is 59.6. The second-order valence-electron chi connectivity index (χ2n) is 11.6. The molecular formula is C43H28N2OS. The molecule has 0 fully saturated rings. The van der Waals surface area contributed by atoms with Gasteiger partial charge in [-0.1, -0.05) is 109 Å². The summed E-state index contributed by atoms with van der Waals surface area (Å²) in [4.78, 5) is 7.25. The lowest BCUT2D eigenvalue weighted by Crippen LogP contribution is -2.09. The molecule has 2 heterocycles. The molecule has 2 aromatic heterocycles. The minimum absolute atomic E-state index is 0.856. The molecule has 9 aromatic rings. The lowest BCUT2D eigenvalue weighted by atomic mass is 9.99. The molecule has 0 atom stereocenters. The van der Waals surface area contributed by atoms with Gasteiger partial charge in [-0.15, -0.1) is 11.3 Å². The number of thiazole rings is 1. The summed E-state index contributed by atoms with van der Waals surface area (Å²) in [5, 5.41) is 3.24. The Balaban J connectivity index is 1.12. The molecular weight excluding hydrogens is 593 g/mol. The van der Waals surface area contributed by atoms with Gasteiger partial charge in [-0.3, -0.25) is 0 Å². The van der Waals surface area contributed by atoms with Crippen LogP contribution in [0.4, 0.5) is 17.1 Å². The van der Waals surface area contributed by atoms with Gasteiger partial charge in [0.05, 0.1) is 10.2 Å². The summed E-state index contributed by atoms with van der Waals surface area (Å²) in [6.07, 6.45) is 0. The van der Waals surface area contributed by atoms with Crippen molar-refractivity contribution in [3.63, 3.8) is 0 Å². The normalized spacial score (nSPS) is 11.4. The largest absolute Gasteiger partial charge is 0.456 e. The molecule has 3 nitrogen and oxygen atoms in total. The van der Waals surface area contributed by atoms with Gasteiger partial charge in [0.25, 0.3) is 0 Å². The van der Waals surface area contributed by atoms with Crippen molar-refractivity contribution in [1.29, 1.82) is 0 Å². The summed E-state index contributed by atoms with van der Waals surface area (Å²) in [5.74, 6) is 0. The Bertz CT molecular complexity index is 2500. The van der Waals surface area contributed by atoms with E-state index < -0.39 is 0 Å². The molecule has 0 aliphatic rings. The summed E-state index contributed by atoms with van der Waals surface area (Å²) in [5.41, 5.74) is 11.8. The number of fused-ring (bicyclic) bond motifs is 5. The van der Waals surface area contributed by atoms with Crippen LogP contribution in [0, 0.1) is 0 Å². The number of para-hydroxylation sites is 1. The van der Waals surface area contributed by atoms with Crippen LogP contribution in [0.25, 0.3) is 65.0 Å². The van der Waals surface area contributed by atoms with E-state index in [0.717, 1.165) is 59.8 Å². The molecule has 222 valence electrons. The third-order valence-corrected chi connectivity index (χ3v) is 9.83.